The Hall–Kier alpha value is -3.07. The third-order valence-electron chi connectivity index (χ3n) is 5.93. The summed E-state index contributed by atoms with van der Waals surface area (Å²) in [7, 11) is 0. The van der Waals surface area contributed by atoms with Crippen molar-refractivity contribution >= 4 is 11.4 Å². The molecule has 3 aromatic rings. The summed E-state index contributed by atoms with van der Waals surface area (Å²) in [5, 5.41) is 3.18. The molecule has 0 aliphatic carbocycles. The molecule has 0 heterocycles. The van der Waals surface area contributed by atoms with Gasteiger partial charge >= 0.3 is 0 Å². The van der Waals surface area contributed by atoms with E-state index in [9.17, 15) is 4.39 Å². The van der Waals surface area contributed by atoms with E-state index in [1.807, 2.05) is 61.5 Å². The molecular weight excluding hydrogens is 385 g/mol. The Morgan fingerprint density at radius 2 is 1.74 bits per heavy atom. The lowest BCUT2D eigenvalue weighted by Crippen LogP contribution is -2.22. The zero-order valence-electron chi connectivity index (χ0n) is 18.5. The molecular formula is C28H32FNO. The minimum atomic E-state index is -0.240. The summed E-state index contributed by atoms with van der Waals surface area (Å²) in [5.41, 5.74) is 3.71. The van der Waals surface area contributed by atoms with Crippen LogP contribution in [0.15, 0.2) is 85.5 Å². The molecule has 31 heavy (non-hydrogen) atoms. The molecule has 0 spiro atoms. The second kappa shape index (κ2) is 10.8. The van der Waals surface area contributed by atoms with Crippen LogP contribution in [0.25, 0.3) is 0 Å². The van der Waals surface area contributed by atoms with Gasteiger partial charge in [-0.05, 0) is 80.1 Å². The Morgan fingerprint density at radius 3 is 2.39 bits per heavy atom. The van der Waals surface area contributed by atoms with Gasteiger partial charge in [0, 0.05) is 11.1 Å². The summed E-state index contributed by atoms with van der Waals surface area (Å²) in [4.78, 5) is 0. The molecule has 0 radical (unpaired) electrons. The molecule has 0 aliphatic rings. The van der Waals surface area contributed by atoms with Crippen molar-refractivity contribution in [1.82, 2.24) is 0 Å². The van der Waals surface area contributed by atoms with E-state index >= 15 is 0 Å². The van der Waals surface area contributed by atoms with Crippen molar-refractivity contribution in [2.75, 3.05) is 11.9 Å². The van der Waals surface area contributed by atoms with E-state index in [1.54, 1.807) is 6.07 Å². The highest BCUT2D eigenvalue weighted by atomic mass is 19.1. The number of allylic oxidation sites excluding steroid dienone is 1. The van der Waals surface area contributed by atoms with E-state index in [1.165, 1.54) is 5.56 Å². The highest BCUT2D eigenvalue weighted by Crippen LogP contribution is 2.36. The molecule has 0 saturated heterocycles. The van der Waals surface area contributed by atoms with Crippen LogP contribution in [0, 0.1) is 5.82 Å². The first-order chi connectivity index (χ1) is 15.1. The lowest BCUT2D eigenvalue weighted by Gasteiger charge is -2.30. The second-order valence-electron chi connectivity index (χ2n) is 7.83. The molecule has 1 N–H and O–H groups in total. The lowest BCUT2D eigenvalue weighted by molar-refractivity contribution is 0.339. The van der Waals surface area contributed by atoms with Crippen LogP contribution in [0.2, 0.25) is 0 Å². The van der Waals surface area contributed by atoms with E-state index in [0.717, 1.165) is 42.7 Å². The highest BCUT2D eigenvalue weighted by Gasteiger charge is 2.26. The number of aryl methyl sites for hydroxylation is 1. The first-order valence-corrected chi connectivity index (χ1v) is 11.1. The predicted molar refractivity (Wildman–Crippen MR) is 129 cm³/mol. The fraction of sp³-hybridized carbons (Fsp3) is 0.286. The highest BCUT2D eigenvalue weighted by molar-refractivity contribution is 5.60. The number of hydrogen-bond donors (Lipinski definition) is 1. The van der Waals surface area contributed by atoms with Gasteiger partial charge in [-0.25, -0.2) is 4.39 Å². The number of para-hydroxylation sites is 1. The van der Waals surface area contributed by atoms with Gasteiger partial charge in [-0.2, -0.15) is 0 Å². The topological polar surface area (TPSA) is 21.3 Å². The summed E-state index contributed by atoms with van der Waals surface area (Å²) >= 11 is 0. The molecule has 2 nitrogen and oxygen atoms in total. The van der Waals surface area contributed by atoms with Gasteiger partial charge in [0.2, 0.25) is 0 Å². The van der Waals surface area contributed by atoms with E-state index in [4.69, 9.17) is 4.74 Å². The molecule has 3 aromatic carbocycles. The first kappa shape index (κ1) is 22.6. The number of hydrogen-bond acceptors (Lipinski definition) is 2. The van der Waals surface area contributed by atoms with Gasteiger partial charge in [-0.15, -0.1) is 6.58 Å². The molecule has 1 unspecified atom stereocenters. The van der Waals surface area contributed by atoms with Crippen molar-refractivity contribution in [2.45, 2.75) is 44.9 Å². The van der Waals surface area contributed by atoms with Crippen LogP contribution in [0.1, 0.15) is 44.2 Å². The SMILES string of the molecule is C=CC(CC)(CCCc1ccc(F)c(Nc2ccccc2)c1)c1ccc(OCC)cc1. The Kier molecular flexibility index (Phi) is 7.88. The molecule has 3 rings (SSSR count). The third-order valence-corrected chi connectivity index (χ3v) is 5.93. The number of rotatable bonds is 11. The molecule has 0 aliphatic heterocycles. The zero-order valence-corrected chi connectivity index (χ0v) is 18.5. The van der Waals surface area contributed by atoms with Crippen LogP contribution >= 0.6 is 0 Å². The van der Waals surface area contributed by atoms with E-state index in [0.29, 0.717) is 12.3 Å². The number of nitrogens with one attached hydrogen (secondary N) is 1. The largest absolute Gasteiger partial charge is 0.494 e. The van der Waals surface area contributed by atoms with E-state index in [2.05, 4.69) is 37.0 Å². The van der Waals surface area contributed by atoms with Gasteiger partial charge in [0.05, 0.1) is 12.3 Å². The molecule has 0 fully saturated rings. The predicted octanol–water partition coefficient (Wildman–Crippen LogP) is 7.82. The average Bonchev–Trinajstić information content (AvgIpc) is 2.81. The average molecular weight is 418 g/mol. The second-order valence-corrected chi connectivity index (χ2v) is 7.83. The summed E-state index contributed by atoms with van der Waals surface area (Å²) in [6.07, 6.45) is 5.92. The fourth-order valence-electron chi connectivity index (χ4n) is 4.05. The van der Waals surface area contributed by atoms with Gasteiger partial charge in [0.25, 0.3) is 0 Å². The molecule has 0 saturated carbocycles. The van der Waals surface area contributed by atoms with Crippen LogP contribution in [-0.4, -0.2) is 6.61 Å². The van der Waals surface area contributed by atoms with E-state index < -0.39 is 0 Å². The summed E-state index contributed by atoms with van der Waals surface area (Å²) in [5.74, 6) is 0.654. The Morgan fingerprint density at radius 1 is 1.00 bits per heavy atom. The van der Waals surface area contributed by atoms with Gasteiger partial charge in [-0.3, -0.25) is 0 Å². The van der Waals surface area contributed by atoms with Crippen LogP contribution in [-0.2, 0) is 11.8 Å². The minimum absolute atomic E-state index is 0.0735. The Bertz CT molecular complexity index is 968. The zero-order chi connectivity index (χ0) is 22.1. The van der Waals surface area contributed by atoms with E-state index in [-0.39, 0.29) is 11.2 Å². The van der Waals surface area contributed by atoms with Crippen molar-refractivity contribution in [3.05, 3.63) is 102 Å². The molecule has 0 aromatic heterocycles. The monoisotopic (exact) mass is 417 g/mol. The van der Waals surface area contributed by atoms with Crippen molar-refractivity contribution in [1.29, 1.82) is 0 Å². The number of halogens is 1. The maximum absolute atomic E-state index is 14.3. The smallest absolute Gasteiger partial charge is 0.146 e. The quantitative estimate of drug-likeness (QED) is 0.321. The van der Waals surface area contributed by atoms with Gasteiger partial charge in [0.1, 0.15) is 11.6 Å². The van der Waals surface area contributed by atoms with Crippen LogP contribution < -0.4 is 10.1 Å². The van der Waals surface area contributed by atoms with Crippen molar-refractivity contribution in [3.63, 3.8) is 0 Å². The molecule has 1 atom stereocenters. The number of ether oxygens (including phenoxy) is 1. The van der Waals surface area contributed by atoms with Gasteiger partial charge < -0.3 is 10.1 Å². The first-order valence-electron chi connectivity index (χ1n) is 11.1. The summed E-state index contributed by atoms with van der Waals surface area (Å²) in [6, 6.07) is 23.4. The molecule has 0 amide bonds. The standard InChI is InChI=1S/C28H32FNO/c1-4-28(5-2,23-15-17-25(18-16-23)31-6-3)20-10-11-22-14-19-26(29)27(21-22)30-24-12-8-7-9-13-24/h4,7-9,12-19,21,30H,1,5-6,10-11,20H2,2-3H3. The normalized spacial score (nSPS) is 12.7. The molecule has 0 bridgehead atoms. The van der Waals surface area contributed by atoms with Crippen molar-refractivity contribution < 1.29 is 9.13 Å². The maximum Gasteiger partial charge on any atom is 0.146 e. The van der Waals surface area contributed by atoms with Gasteiger partial charge in [0.15, 0.2) is 0 Å². The summed E-state index contributed by atoms with van der Waals surface area (Å²) < 4.78 is 19.9. The van der Waals surface area contributed by atoms with Crippen LogP contribution in [0.3, 0.4) is 0 Å². The van der Waals surface area contributed by atoms with Gasteiger partial charge in [-0.1, -0.05) is 49.4 Å². The maximum atomic E-state index is 14.3. The minimum Gasteiger partial charge on any atom is -0.494 e. The fourth-order valence-corrected chi connectivity index (χ4v) is 4.05. The Labute approximate surface area is 185 Å². The summed E-state index contributed by atoms with van der Waals surface area (Å²) in [6.45, 7) is 9.01. The molecule has 3 heteroatoms. The molecule has 162 valence electrons. The van der Waals surface area contributed by atoms with Crippen LogP contribution in [0.4, 0.5) is 15.8 Å². The van der Waals surface area contributed by atoms with Crippen LogP contribution in [0.5, 0.6) is 5.75 Å². The number of benzene rings is 3. The lowest BCUT2D eigenvalue weighted by atomic mass is 9.74. The van der Waals surface area contributed by atoms with Crippen molar-refractivity contribution in [2.24, 2.45) is 0 Å². The van der Waals surface area contributed by atoms with Crippen molar-refractivity contribution in [3.8, 4) is 5.75 Å². The Balaban J connectivity index is 1.68. The number of anilines is 2. The third kappa shape index (κ3) is 5.75.